The third-order valence-electron chi connectivity index (χ3n) is 0.605. The highest BCUT2D eigenvalue weighted by Crippen LogP contribution is 1.88. The molecule has 0 unspecified atom stereocenters. The molecule has 0 bridgehead atoms. The van der Waals surface area contributed by atoms with Gasteiger partial charge in [-0.05, 0) is 0 Å². The molecule has 0 saturated carbocycles. The number of hydrogen-bond acceptors (Lipinski definition) is 3. The van der Waals surface area contributed by atoms with Crippen molar-refractivity contribution >= 4 is 35.5 Å². The molecule has 1 rings (SSSR count). The van der Waals surface area contributed by atoms with Crippen LogP contribution in [0.3, 0.4) is 0 Å². The maximum absolute atomic E-state index is 9.72. The molecule has 3 nitrogen and oxygen atoms in total. The Morgan fingerprint density at radius 2 is 2.50 bits per heavy atom. The van der Waals surface area contributed by atoms with Gasteiger partial charge in [-0.25, -0.2) is 9.98 Å². The lowest BCUT2D eigenvalue weighted by Crippen LogP contribution is -1.89. The van der Waals surface area contributed by atoms with Crippen molar-refractivity contribution in [2.75, 3.05) is 0 Å². The molecule has 0 saturated heterocycles. The van der Waals surface area contributed by atoms with Crippen molar-refractivity contribution in [3.63, 3.8) is 0 Å². The Balaban J connectivity index is 2.87. The Hall–Kier alpha value is -0.900. The second-order valence-electron chi connectivity index (χ2n) is 1.13. The third-order valence-corrected chi connectivity index (χ3v) is 0.801. The van der Waals surface area contributed by atoms with E-state index in [1.807, 2.05) is 0 Å². The fourth-order valence-electron chi connectivity index (χ4n) is 0.328. The van der Waals surface area contributed by atoms with Crippen LogP contribution in [0.15, 0.2) is 9.98 Å². The molecule has 0 aliphatic carbocycles. The molecular formula is C4HN2OS. The van der Waals surface area contributed by atoms with Crippen LogP contribution in [0.25, 0.3) is 0 Å². The molecule has 0 N–H and O–H groups in total. The fourth-order valence-corrected chi connectivity index (χ4v) is 0.467. The normalized spacial score (nSPS) is 16.5. The highest BCUT2D eigenvalue weighted by Gasteiger charge is 2.02. The number of carbonyl (C=O) groups excluding carboxylic acids is 1. The first kappa shape index (κ1) is 5.24. The van der Waals surface area contributed by atoms with Crippen molar-refractivity contribution in [1.29, 1.82) is 0 Å². The first-order valence-corrected chi connectivity index (χ1v) is 2.28. The van der Waals surface area contributed by atoms with Gasteiger partial charge in [-0.3, -0.25) is 4.79 Å². The molecule has 0 spiro atoms. The topological polar surface area (TPSA) is 41.8 Å². The second-order valence-corrected chi connectivity index (χ2v) is 1.55. The molecule has 0 amide bonds. The van der Waals surface area contributed by atoms with E-state index in [-0.39, 0.29) is 5.84 Å². The molecule has 1 heterocycles. The second kappa shape index (κ2) is 1.92. The van der Waals surface area contributed by atoms with Gasteiger partial charge in [0.15, 0.2) is 0 Å². The van der Waals surface area contributed by atoms with E-state index in [9.17, 15) is 4.79 Å². The van der Waals surface area contributed by atoms with Gasteiger partial charge in [0.25, 0.3) is 6.29 Å². The van der Waals surface area contributed by atoms with Gasteiger partial charge in [0.1, 0.15) is 4.99 Å². The average Bonchev–Trinajstić information content (AvgIpc) is 2.14. The summed E-state index contributed by atoms with van der Waals surface area (Å²) in [6.07, 6.45) is 2.85. The van der Waals surface area contributed by atoms with E-state index in [1.165, 1.54) is 12.5 Å². The van der Waals surface area contributed by atoms with E-state index < -0.39 is 0 Å². The zero-order valence-electron chi connectivity index (χ0n) is 3.79. The quantitative estimate of drug-likeness (QED) is 0.459. The van der Waals surface area contributed by atoms with Gasteiger partial charge in [0, 0.05) is 0 Å². The van der Waals surface area contributed by atoms with E-state index in [1.54, 1.807) is 0 Å². The lowest BCUT2D eigenvalue weighted by atomic mass is 10.7. The van der Waals surface area contributed by atoms with Crippen LogP contribution in [0, 0.1) is 0 Å². The summed E-state index contributed by atoms with van der Waals surface area (Å²) in [7, 11) is 0. The molecule has 8 heavy (non-hydrogen) atoms. The summed E-state index contributed by atoms with van der Waals surface area (Å²) in [6, 6.07) is 0. The van der Waals surface area contributed by atoms with E-state index in [0.717, 1.165) is 0 Å². The van der Waals surface area contributed by atoms with Crippen molar-refractivity contribution in [2.45, 2.75) is 0 Å². The van der Waals surface area contributed by atoms with E-state index in [4.69, 9.17) is 0 Å². The standard InChI is InChI=1S/C4HN2OS/c7-2-3-5-1-4(8)6-3/h1H. The van der Waals surface area contributed by atoms with Crippen molar-refractivity contribution < 1.29 is 4.79 Å². The van der Waals surface area contributed by atoms with Gasteiger partial charge in [-0.15, -0.1) is 0 Å². The van der Waals surface area contributed by atoms with Crippen molar-refractivity contribution in [3.8, 4) is 0 Å². The summed E-state index contributed by atoms with van der Waals surface area (Å²) in [5.74, 6) is 0.0370. The average molecular weight is 125 g/mol. The molecule has 1 radical (unpaired) electrons. The first-order valence-electron chi connectivity index (χ1n) is 1.88. The smallest absolute Gasteiger partial charge is 0.274 e. The van der Waals surface area contributed by atoms with Crippen LogP contribution in [0.1, 0.15) is 0 Å². The van der Waals surface area contributed by atoms with Crippen LogP contribution in [0.5, 0.6) is 0 Å². The summed E-state index contributed by atoms with van der Waals surface area (Å²) in [5.41, 5.74) is 0. The van der Waals surface area contributed by atoms with Crippen LogP contribution in [-0.2, 0) is 4.79 Å². The molecule has 1 aliphatic rings. The monoisotopic (exact) mass is 125 g/mol. The largest absolute Gasteiger partial charge is 0.281 e. The zero-order chi connectivity index (χ0) is 5.98. The van der Waals surface area contributed by atoms with Gasteiger partial charge in [0.2, 0.25) is 5.84 Å². The number of aliphatic imine (C=N–C) groups is 2. The highest BCUT2D eigenvalue weighted by molar-refractivity contribution is 7.81. The molecule has 0 atom stereocenters. The Bertz CT molecular complexity index is 194. The predicted octanol–water partition coefficient (Wildman–Crippen LogP) is -0.0936. The van der Waals surface area contributed by atoms with Gasteiger partial charge >= 0.3 is 0 Å². The molecule has 0 aromatic rings. The minimum atomic E-state index is 0.0370. The van der Waals surface area contributed by atoms with Gasteiger partial charge in [-0.1, -0.05) is 12.2 Å². The van der Waals surface area contributed by atoms with E-state index in [0.29, 0.717) is 4.99 Å². The van der Waals surface area contributed by atoms with Gasteiger partial charge in [0.05, 0.1) is 6.21 Å². The molecular weight excluding hydrogens is 124 g/mol. The molecule has 0 aromatic heterocycles. The number of hydrogen-bond donors (Lipinski definition) is 0. The SMILES string of the molecule is O=[C]C1=NC(=S)C=N1. The first-order chi connectivity index (χ1) is 3.83. The van der Waals surface area contributed by atoms with Gasteiger partial charge < -0.3 is 0 Å². The van der Waals surface area contributed by atoms with E-state index >= 15 is 0 Å². The lowest BCUT2D eigenvalue weighted by Gasteiger charge is -1.70. The van der Waals surface area contributed by atoms with Gasteiger partial charge in [-0.2, -0.15) is 0 Å². The number of nitrogens with zero attached hydrogens (tertiary/aromatic N) is 2. The molecule has 1 aliphatic heterocycles. The molecule has 0 fully saturated rings. The number of thiocarbonyl (C=S) groups is 1. The van der Waals surface area contributed by atoms with Crippen LogP contribution >= 0.6 is 12.2 Å². The zero-order valence-corrected chi connectivity index (χ0v) is 4.60. The Labute approximate surface area is 51.1 Å². The molecule has 0 aromatic carbocycles. The van der Waals surface area contributed by atoms with Crippen molar-refractivity contribution in [3.05, 3.63) is 0 Å². The molecule has 4 heteroatoms. The summed E-state index contributed by atoms with van der Waals surface area (Å²) in [5, 5.41) is 0. The van der Waals surface area contributed by atoms with Crippen molar-refractivity contribution in [1.82, 2.24) is 0 Å². The van der Waals surface area contributed by atoms with Crippen LogP contribution < -0.4 is 0 Å². The maximum Gasteiger partial charge on any atom is 0.274 e. The lowest BCUT2D eigenvalue weighted by molar-refractivity contribution is 0.566. The Kier molecular flexibility index (Phi) is 1.26. The van der Waals surface area contributed by atoms with Crippen LogP contribution in [0.4, 0.5) is 0 Å². The Morgan fingerprint density at radius 3 is 2.75 bits per heavy atom. The highest BCUT2D eigenvalue weighted by atomic mass is 32.1. The number of amidine groups is 1. The predicted molar refractivity (Wildman–Crippen MR) is 34.2 cm³/mol. The van der Waals surface area contributed by atoms with Crippen LogP contribution in [0.2, 0.25) is 0 Å². The van der Waals surface area contributed by atoms with Crippen molar-refractivity contribution in [2.24, 2.45) is 9.98 Å². The summed E-state index contributed by atoms with van der Waals surface area (Å²) < 4.78 is 0. The number of rotatable bonds is 1. The van der Waals surface area contributed by atoms with E-state index in [2.05, 4.69) is 22.2 Å². The Morgan fingerprint density at radius 1 is 1.75 bits per heavy atom. The van der Waals surface area contributed by atoms with Crippen LogP contribution in [-0.4, -0.2) is 23.3 Å². The minimum Gasteiger partial charge on any atom is -0.281 e. The summed E-state index contributed by atoms with van der Waals surface area (Å²) in [6.45, 7) is 0. The third kappa shape index (κ3) is 0.840. The molecule has 39 valence electrons. The maximum atomic E-state index is 9.72. The summed E-state index contributed by atoms with van der Waals surface area (Å²) >= 11 is 4.55. The summed E-state index contributed by atoms with van der Waals surface area (Å²) in [4.78, 5) is 17.1. The minimum absolute atomic E-state index is 0.0370. The fraction of sp³-hybridized carbons (Fsp3) is 0.